The Labute approximate surface area is 157 Å². The molecule has 27 heavy (non-hydrogen) atoms. The second-order valence-corrected chi connectivity index (χ2v) is 6.37. The maximum absolute atomic E-state index is 10.7. The molecule has 0 bridgehead atoms. The van der Waals surface area contributed by atoms with E-state index in [0.29, 0.717) is 30.4 Å². The molecule has 0 spiro atoms. The predicted octanol–water partition coefficient (Wildman–Crippen LogP) is 2.50. The Morgan fingerprint density at radius 1 is 1.41 bits per heavy atom. The van der Waals surface area contributed by atoms with Crippen LogP contribution in [0, 0.1) is 16.0 Å². The lowest BCUT2D eigenvalue weighted by molar-refractivity contribution is -0.384. The average molecular weight is 376 g/mol. The van der Waals surface area contributed by atoms with E-state index in [4.69, 9.17) is 9.26 Å². The molecule has 0 radical (unpaired) electrons. The number of hydrogen-bond donors (Lipinski definition) is 2. The molecule has 9 heteroatoms. The number of benzene rings is 1. The molecule has 0 aliphatic heterocycles. The number of nitrogens with zero attached hydrogens (tertiary/aromatic N) is 3. The molecule has 2 atom stereocenters. The van der Waals surface area contributed by atoms with Gasteiger partial charge in [0.1, 0.15) is 0 Å². The van der Waals surface area contributed by atoms with Crippen LogP contribution in [0.4, 0.5) is 5.69 Å². The first-order chi connectivity index (χ1) is 12.9. The van der Waals surface area contributed by atoms with Gasteiger partial charge in [0.05, 0.1) is 30.3 Å². The minimum Gasteiger partial charge on any atom is -0.389 e. The summed E-state index contributed by atoms with van der Waals surface area (Å²) in [6, 6.07) is 5.68. The van der Waals surface area contributed by atoms with Crippen LogP contribution in [0.15, 0.2) is 41.4 Å². The molecule has 0 amide bonds. The topological polar surface area (TPSA) is 124 Å². The number of nitro benzene ring substituents is 1. The fraction of sp³-hybridized carbons (Fsp3) is 0.444. The van der Waals surface area contributed by atoms with Crippen molar-refractivity contribution in [2.75, 3.05) is 19.8 Å². The van der Waals surface area contributed by atoms with Crippen molar-refractivity contribution < 1.29 is 19.3 Å². The monoisotopic (exact) mass is 376 g/mol. The molecule has 1 aromatic carbocycles. The summed E-state index contributed by atoms with van der Waals surface area (Å²) >= 11 is 0. The number of rotatable bonds is 11. The zero-order chi connectivity index (χ0) is 19.8. The van der Waals surface area contributed by atoms with Gasteiger partial charge in [-0.2, -0.15) is 4.98 Å². The third-order valence-corrected chi connectivity index (χ3v) is 3.83. The summed E-state index contributed by atoms with van der Waals surface area (Å²) in [6.07, 6.45) is 0.943. The Kier molecular flexibility index (Phi) is 7.59. The van der Waals surface area contributed by atoms with Crippen LogP contribution in [-0.4, -0.2) is 46.0 Å². The van der Waals surface area contributed by atoms with E-state index in [2.05, 4.69) is 22.0 Å². The van der Waals surface area contributed by atoms with Gasteiger partial charge in [-0.3, -0.25) is 10.1 Å². The Balaban J connectivity index is 2.03. The van der Waals surface area contributed by atoms with Crippen molar-refractivity contribution in [2.45, 2.75) is 26.0 Å². The molecular weight excluding hydrogens is 352 g/mol. The summed E-state index contributed by atoms with van der Waals surface area (Å²) in [4.78, 5) is 14.7. The molecule has 0 unspecified atom stereocenters. The fourth-order valence-electron chi connectivity index (χ4n) is 2.43. The highest BCUT2D eigenvalue weighted by Crippen LogP contribution is 2.24. The van der Waals surface area contributed by atoms with E-state index in [0.717, 1.165) is 0 Å². The van der Waals surface area contributed by atoms with Gasteiger partial charge in [-0.1, -0.05) is 25.1 Å². The first-order valence-electron chi connectivity index (χ1n) is 8.61. The van der Waals surface area contributed by atoms with E-state index < -0.39 is 11.0 Å². The van der Waals surface area contributed by atoms with Gasteiger partial charge in [-0.25, -0.2) is 0 Å². The lowest BCUT2D eigenvalue weighted by Crippen LogP contribution is -2.35. The Morgan fingerprint density at radius 3 is 2.70 bits per heavy atom. The number of nitrogens with one attached hydrogen (secondary N) is 1. The molecule has 9 nitrogen and oxygen atoms in total. The van der Waals surface area contributed by atoms with Crippen LogP contribution < -0.4 is 5.32 Å². The summed E-state index contributed by atoms with van der Waals surface area (Å²) in [5.74, 6) is 0.872. The molecule has 146 valence electrons. The molecule has 2 aromatic rings. The predicted molar refractivity (Wildman–Crippen MR) is 99.0 cm³/mol. The Hall–Kier alpha value is -2.62. The lowest BCUT2D eigenvalue weighted by Gasteiger charge is -2.20. The third kappa shape index (κ3) is 5.95. The molecular formula is C18H24N4O5. The number of nitro groups is 1. The lowest BCUT2D eigenvalue weighted by atomic mass is 10.0. The van der Waals surface area contributed by atoms with Crippen molar-refractivity contribution in [1.82, 2.24) is 15.5 Å². The van der Waals surface area contributed by atoms with Crippen molar-refractivity contribution in [3.8, 4) is 11.4 Å². The Bertz CT molecular complexity index is 744. The third-order valence-electron chi connectivity index (χ3n) is 3.83. The first kappa shape index (κ1) is 20.7. The summed E-state index contributed by atoms with van der Waals surface area (Å²) in [6.45, 7) is 8.42. The zero-order valence-corrected chi connectivity index (χ0v) is 15.4. The van der Waals surface area contributed by atoms with Gasteiger partial charge in [-0.15, -0.1) is 6.58 Å². The standard InChI is InChI=1S/C18H24N4O5/c1-4-9-26-11-15(23)10-19-16(12(2)3)18-20-17(21-27-18)13-5-7-14(8-6-13)22(24)25/h4-8,12,15-16,19,23H,1,9-11H2,2-3H3/t15-,16+/m1/s1. The van der Waals surface area contributed by atoms with Crippen LogP contribution in [0.1, 0.15) is 25.8 Å². The van der Waals surface area contributed by atoms with Crippen molar-refractivity contribution in [2.24, 2.45) is 5.92 Å². The molecule has 0 aliphatic carbocycles. The minimum absolute atomic E-state index is 0.00291. The number of non-ortho nitro benzene ring substituents is 1. The van der Waals surface area contributed by atoms with Crippen LogP contribution in [0.3, 0.4) is 0 Å². The largest absolute Gasteiger partial charge is 0.389 e. The van der Waals surface area contributed by atoms with E-state index in [9.17, 15) is 15.2 Å². The van der Waals surface area contributed by atoms with Gasteiger partial charge in [0.2, 0.25) is 11.7 Å². The van der Waals surface area contributed by atoms with Gasteiger partial charge >= 0.3 is 0 Å². The molecule has 0 saturated heterocycles. The molecule has 1 aromatic heterocycles. The minimum atomic E-state index is -0.678. The SMILES string of the molecule is C=CCOC[C@H](O)CN[C@H](c1nc(-c2ccc([N+](=O)[O-])cc2)no1)C(C)C. The van der Waals surface area contributed by atoms with Crippen molar-refractivity contribution in [3.05, 3.63) is 52.9 Å². The average Bonchev–Trinajstić information content (AvgIpc) is 3.11. The molecule has 0 aliphatic rings. The molecule has 2 N–H and O–H groups in total. The van der Waals surface area contributed by atoms with E-state index in [-0.39, 0.29) is 24.3 Å². The van der Waals surface area contributed by atoms with Crippen LogP contribution >= 0.6 is 0 Å². The number of aliphatic hydroxyl groups excluding tert-OH is 1. The highest BCUT2D eigenvalue weighted by atomic mass is 16.6. The normalized spacial score (nSPS) is 13.5. The second-order valence-electron chi connectivity index (χ2n) is 6.37. The zero-order valence-electron chi connectivity index (χ0n) is 15.4. The van der Waals surface area contributed by atoms with E-state index >= 15 is 0 Å². The summed E-state index contributed by atoms with van der Waals surface area (Å²) < 4.78 is 10.6. The number of aliphatic hydroxyl groups is 1. The van der Waals surface area contributed by atoms with Crippen LogP contribution in [0.2, 0.25) is 0 Å². The highest BCUT2D eigenvalue weighted by Gasteiger charge is 2.23. The smallest absolute Gasteiger partial charge is 0.269 e. The van der Waals surface area contributed by atoms with E-state index in [1.54, 1.807) is 18.2 Å². The number of aromatic nitrogens is 2. The van der Waals surface area contributed by atoms with Gasteiger partial charge in [-0.05, 0) is 18.1 Å². The van der Waals surface area contributed by atoms with Crippen molar-refractivity contribution in [3.63, 3.8) is 0 Å². The van der Waals surface area contributed by atoms with Gasteiger partial charge in [0, 0.05) is 24.2 Å². The summed E-state index contributed by atoms with van der Waals surface area (Å²) in [5, 5.41) is 27.9. The van der Waals surface area contributed by atoms with Gasteiger partial charge in [0.15, 0.2) is 0 Å². The van der Waals surface area contributed by atoms with Crippen LogP contribution in [0.5, 0.6) is 0 Å². The number of hydrogen-bond acceptors (Lipinski definition) is 8. The second kappa shape index (κ2) is 9.91. The molecule has 0 fully saturated rings. The van der Waals surface area contributed by atoms with E-state index in [1.807, 2.05) is 13.8 Å². The van der Waals surface area contributed by atoms with Gasteiger partial charge < -0.3 is 19.7 Å². The maximum Gasteiger partial charge on any atom is 0.269 e. The Morgan fingerprint density at radius 2 is 2.11 bits per heavy atom. The fourth-order valence-corrected chi connectivity index (χ4v) is 2.43. The summed E-state index contributed by atoms with van der Waals surface area (Å²) in [5.41, 5.74) is 0.618. The summed E-state index contributed by atoms with van der Waals surface area (Å²) in [7, 11) is 0. The highest BCUT2D eigenvalue weighted by molar-refractivity contribution is 5.56. The van der Waals surface area contributed by atoms with Crippen LogP contribution in [0.25, 0.3) is 11.4 Å². The van der Waals surface area contributed by atoms with Crippen molar-refractivity contribution >= 4 is 5.69 Å². The quantitative estimate of drug-likeness (QED) is 0.265. The first-order valence-corrected chi connectivity index (χ1v) is 8.61. The number of ether oxygens (including phenoxy) is 1. The van der Waals surface area contributed by atoms with Gasteiger partial charge in [0.25, 0.3) is 5.69 Å². The van der Waals surface area contributed by atoms with Crippen molar-refractivity contribution in [1.29, 1.82) is 0 Å². The maximum atomic E-state index is 10.7. The molecule has 2 rings (SSSR count). The molecule has 1 heterocycles. The van der Waals surface area contributed by atoms with Crippen LogP contribution in [-0.2, 0) is 4.74 Å². The molecule has 0 saturated carbocycles. The van der Waals surface area contributed by atoms with E-state index in [1.165, 1.54) is 12.1 Å².